The molecule has 0 aliphatic rings. The van der Waals surface area contributed by atoms with Crippen LogP contribution in [0.4, 0.5) is 11.4 Å². The largest absolute Gasteiger partial charge is 0.508 e. The van der Waals surface area contributed by atoms with Gasteiger partial charge in [0, 0.05) is 28.0 Å². The van der Waals surface area contributed by atoms with Crippen LogP contribution < -0.4 is 10.0 Å². The zero-order valence-corrected chi connectivity index (χ0v) is 13.7. The van der Waals surface area contributed by atoms with E-state index in [-0.39, 0.29) is 5.75 Å². The van der Waals surface area contributed by atoms with Crippen LogP contribution in [0.2, 0.25) is 0 Å². The van der Waals surface area contributed by atoms with Crippen LogP contribution in [0.15, 0.2) is 46.9 Å². The van der Waals surface area contributed by atoms with E-state index in [1.165, 1.54) is 0 Å². The van der Waals surface area contributed by atoms with E-state index in [0.717, 1.165) is 22.0 Å². The van der Waals surface area contributed by atoms with Crippen LogP contribution in [0.1, 0.15) is 5.56 Å². The number of halogens is 1. The Labute approximate surface area is 132 Å². The Balaban J connectivity index is 2.02. The second kappa shape index (κ2) is 6.36. The molecule has 0 aromatic heterocycles. The number of hydrogen-bond donors (Lipinski definition) is 3. The van der Waals surface area contributed by atoms with Crippen molar-refractivity contribution in [3.05, 3.63) is 52.5 Å². The number of phenolic OH excluding ortho intramolecular Hbond substituents is 1. The van der Waals surface area contributed by atoms with Gasteiger partial charge >= 0.3 is 0 Å². The number of sulfonamides is 1. The Morgan fingerprint density at radius 2 is 1.71 bits per heavy atom. The molecule has 0 aliphatic heterocycles. The average Bonchev–Trinajstić information content (AvgIpc) is 2.40. The summed E-state index contributed by atoms with van der Waals surface area (Å²) in [5.74, 6) is 0.223. The standard InChI is InChI=1S/C14H15BrN2O3S/c1-21(19,20)17-13-5-3-12(4-6-13)16-9-10-8-11(15)2-7-14(10)18/h2-8,16-18H,9H2,1H3. The first-order valence-electron chi connectivity index (χ1n) is 6.12. The van der Waals surface area contributed by atoms with Crippen LogP contribution in [0.3, 0.4) is 0 Å². The van der Waals surface area contributed by atoms with Gasteiger partial charge in [-0.05, 0) is 42.5 Å². The summed E-state index contributed by atoms with van der Waals surface area (Å²) in [6.45, 7) is 0.462. The fraction of sp³-hybridized carbons (Fsp3) is 0.143. The van der Waals surface area contributed by atoms with Crippen LogP contribution in [0.25, 0.3) is 0 Å². The summed E-state index contributed by atoms with van der Waals surface area (Å²) < 4.78 is 25.5. The normalized spacial score (nSPS) is 11.1. The molecular weight excluding hydrogens is 356 g/mol. The fourth-order valence-electron chi connectivity index (χ4n) is 1.76. The number of nitrogens with one attached hydrogen (secondary N) is 2. The predicted molar refractivity (Wildman–Crippen MR) is 88.0 cm³/mol. The molecule has 0 spiro atoms. The Hall–Kier alpha value is -1.73. The summed E-state index contributed by atoms with van der Waals surface area (Å²) in [6, 6.07) is 12.1. The molecule has 0 amide bonds. The van der Waals surface area contributed by atoms with Gasteiger partial charge in [-0.25, -0.2) is 8.42 Å². The second-order valence-corrected chi connectivity index (χ2v) is 7.24. The van der Waals surface area contributed by atoms with Crippen molar-refractivity contribution in [3.63, 3.8) is 0 Å². The maximum Gasteiger partial charge on any atom is 0.229 e. The molecule has 0 saturated carbocycles. The highest BCUT2D eigenvalue weighted by Gasteiger charge is 2.03. The lowest BCUT2D eigenvalue weighted by atomic mass is 10.2. The Morgan fingerprint density at radius 1 is 1.10 bits per heavy atom. The summed E-state index contributed by atoms with van der Waals surface area (Å²) in [5, 5.41) is 12.9. The molecule has 7 heteroatoms. The van der Waals surface area contributed by atoms with E-state index in [9.17, 15) is 13.5 Å². The van der Waals surface area contributed by atoms with E-state index >= 15 is 0 Å². The number of hydrogen-bond acceptors (Lipinski definition) is 4. The molecule has 3 N–H and O–H groups in total. The molecule has 21 heavy (non-hydrogen) atoms. The molecule has 2 aromatic rings. The molecule has 2 rings (SSSR count). The first kappa shape index (κ1) is 15.7. The van der Waals surface area contributed by atoms with Crippen molar-refractivity contribution in [2.45, 2.75) is 6.54 Å². The van der Waals surface area contributed by atoms with Crippen molar-refractivity contribution in [3.8, 4) is 5.75 Å². The lowest BCUT2D eigenvalue weighted by Crippen LogP contribution is -2.09. The Kier molecular flexibility index (Phi) is 4.74. The van der Waals surface area contributed by atoms with Gasteiger partial charge in [0.25, 0.3) is 0 Å². The number of aromatic hydroxyl groups is 1. The maximum atomic E-state index is 11.1. The van der Waals surface area contributed by atoms with Gasteiger partial charge in [0.15, 0.2) is 0 Å². The van der Waals surface area contributed by atoms with Gasteiger partial charge in [0.2, 0.25) is 10.0 Å². The fourth-order valence-corrected chi connectivity index (χ4v) is 2.74. The van der Waals surface area contributed by atoms with Gasteiger partial charge in [-0.15, -0.1) is 0 Å². The quantitative estimate of drug-likeness (QED) is 0.755. The number of benzene rings is 2. The summed E-state index contributed by atoms with van der Waals surface area (Å²) >= 11 is 3.36. The molecule has 112 valence electrons. The third-order valence-electron chi connectivity index (χ3n) is 2.71. The molecule has 0 atom stereocenters. The SMILES string of the molecule is CS(=O)(=O)Nc1ccc(NCc2cc(Br)ccc2O)cc1. The summed E-state index contributed by atoms with van der Waals surface area (Å²) in [4.78, 5) is 0. The van der Waals surface area contributed by atoms with E-state index in [2.05, 4.69) is 26.0 Å². The lowest BCUT2D eigenvalue weighted by molar-refractivity contribution is 0.469. The Morgan fingerprint density at radius 3 is 2.33 bits per heavy atom. The van der Waals surface area contributed by atoms with Crippen LogP contribution in [-0.4, -0.2) is 19.8 Å². The van der Waals surface area contributed by atoms with Gasteiger partial charge < -0.3 is 10.4 Å². The average molecular weight is 371 g/mol. The van der Waals surface area contributed by atoms with Gasteiger partial charge in [-0.1, -0.05) is 15.9 Å². The number of anilines is 2. The Bertz CT molecular complexity index is 730. The molecule has 2 aromatic carbocycles. The molecule has 0 saturated heterocycles. The van der Waals surface area contributed by atoms with E-state index in [4.69, 9.17) is 0 Å². The molecular formula is C14H15BrN2O3S. The zero-order chi connectivity index (χ0) is 15.5. The van der Waals surface area contributed by atoms with Crippen LogP contribution in [0.5, 0.6) is 5.75 Å². The van der Waals surface area contributed by atoms with Gasteiger partial charge in [0.1, 0.15) is 5.75 Å². The number of phenols is 1. The van der Waals surface area contributed by atoms with Crippen molar-refractivity contribution in [2.75, 3.05) is 16.3 Å². The third kappa shape index (κ3) is 4.95. The molecule has 0 aliphatic carbocycles. The van der Waals surface area contributed by atoms with Crippen molar-refractivity contribution in [1.82, 2.24) is 0 Å². The first-order valence-corrected chi connectivity index (χ1v) is 8.81. The zero-order valence-electron chi connectivity index (χ0n) is 11.3. The van der Waals surface area contributed by atoms with E-state index in [1.54, 1.807) is 36.4 Å². The van der Waals surface area contributed by atoms with E-state index in [1.807, 2.05) is 6.07 Å². The maximum absolute atomic E-state index is 11.1. The summed E-state index contributed by atoms with van der Waals surface area (Å²) in [5.41, 5.74) is 2.10. The van der Waals surface area contributed by atoms with Crippen LogP contribution >= 0.6 is 15.9 Å². The predicted octanol–water partition coefficient (Wildman–Crippen LogP) is 3.14. The van der Waals surface area contributed by atoms with Gasteiger partial charge in [0.05, 0.1) is 6.26 Å². The molecule has 0 fully saturated rings. The highest BCUT2D eigenvalue weighted by Crippen LogP contribution is 2.23. The second-order valence-electron chi connectivity index (χ2n) is 4.58. The van der Waals surface area contributed by atoms with Crippen molar-refractivity contribution >= 4 is 37.3 Å². The third-order valence-corrected chi connectivity index (χ3v) is 3.81. The van der Waals surface area contributed by atoms with Gasteiger partial charge in [-0.3, -0.25) is 4.72 Å². The smallest absolute Gasteiger partial charge is 0.229 e. The highest BCUT2D eigenvalue weighted by molar-refractivity contribution is 9.10. The van der Waals surface area contributed by atoms with Crippen LogP contribution in [0, 0.1) is 0 Å². The van der Waals surface area contributed by atoms with Crippen molar-refractivity contribution in [1.29, 1.82) is 0 Å². The summed E-state index contributed by atoms with van der Waals surface area (Å²) in [6.07, 6.45) is 1.11. The lowest BCUT2D eigenvalue weighted by Gasteiger charge is -2.10. The molecule has 0 heterocycles. The minimum Gasteiger partial charge on any atom is -0.508 e. The van der Waals surface area contributed by atoms with Gasteiger partial charge in [-0.2, -0.15) is 0 Å². The highest BCUT2D eigenvalue weighted by atomic mass is 79.9. The minimum absolute atomic E-state index is 0.223. The summed E-state index contributed by atoms with van der Waals surface area (Å²) in [7, 11) is -3.26. The van der Waals surface area contributed by atoms with Crippen molar-refractivity contribution < 1.29 is 13.5 Å². The topological polar surface area (TPSA) is 78.4 Å². The molecule has 5 nitrogen and oxygen atoms in total. The molecule has 0 unspecified atom stereocenters. The molecule has 0 radical (unpaired) electrons. The van der Waals surface area contributed by atoms with E-state index < -0.39 is 10.0 Å². The van der Waals surface area contributed by atoms with Crippen molar-refractivity contribution in [2.24, 2.45) is 0 Å². The molecule has 0 bridgehead atoms. The first-order chi connectivity index (χ1) is 9.83. The van der Waals surface area contributed by atoms with E-state index in [0.29, 0.717) is 12.2 Å². The van der Waals surface area contributed by atoms with Crippen LogP contribution in [-0.2, 0) is 16.6 Å². The minimum atomic E-state index is -3.26. The monoisotopic (exact) mass is 370 g/mol. The number of rotatable bonds is 5.